The summed E-state index contributed by atoms with van der Waals surface area (Å²) in [6, 6.07) is 13.2. The van der Waals surface area contributed by atoms with Crippen LogP contribution in [-0.2, 0) is 6.54 Å². The molecule has 2 aromatic carbocycles. The van der Waals surface area contributed by atoms with E-state index in [1.807, 2.05) is 31.2 Å². The highest BCUT2D eigenvalue weighted by Crippen LogP contribution is 2.25. The van der Waals surface area contributed by atoms with Crippen LogP contribution in [0.1, 0.15) is 28.8 Å². The summed E-state index contributed by atoms with van der Waals surface area (Å²) in [5, 5.41) is 15.5. The number of piperidine rings is 1. The molecular formula is C25H24FN5O3. The molecule has 1 fully saturated rings. The van der Waals surface area contributed by atoms with Crippen molar-refractivity contribution in [1.82, 2.24) is 24.1 Å². The third kappa shape index (κ3) is 4.10. The van der Waals surface area contributed by atoms with Gasteiger partial charge in [0.1, 0.15) is 12.1 Å². The van der Waals surface area contributed by atoms with Crippen molar-refractivity contribution in [3.05, 3.63) is 88.4 Å². The van der Waals surface area contributed by atoms with Crippen molar-refractivity contribution in [3.8, 4) is 11.4 Å². The second-order valence-electron chi connectivity index (χ2n) is 8.83. The zero-order valence-electron chi connectivity index (χ0n) is 18.7. The highest BCUT2D eigenvalue weighted by atomic mass is 19.1. The molecule has 1 amide bonds. The lowest BCUT2D eigenvalue weighted by atomic mass is 9.91. The van der Waals surface area contributed by atoms with Gasteiger partial charge in [0.2, 0.25) is 0 Å². The van der Waals surface area contributed by atoms with Gasteiger partial charge >= 0.3 is 0 Å². The number of likely N-dealkylation sites (tertiary alicyclic amines) is 1. The monoisotopic (exact) mass is 461 g/mol. The van der Waals surface area contributed by atoms with Gasteiger partial charge in [-0.1, -0.05) is 29.8 Å². The highest BCUT2D eigenvalue weighted by molar-refractivity contribution is 5.94. The molecule has 1 aliphatic heterocycles. The quantitative estimate of drug-likeness (QED) is 0.505. The fraction of sp³-hybridized carbons (Fsp3) is 0.280. The highest BCUT2D eigenvalue weighted by Gasteiger charge is 2.35. The average Bonchev–Trinajstić information content (AvgIpc) is 3.27. The minimum atomic E-state index is -1.15. The number of halogens is 1. The summed E-state index contributed by atoms with van der Waals surface area (Å²) in [4.78, 5) is 31.8. The van der Waals surface area contributed by atoms with Gasteiger partial charge in [-0.05, 0) is 44.0 Å². The van der Waals surface area contributed by atoms with E-state index in [-0.39, 0.29) is 18.0 Å². The zero-order valence-corrected chi connectivity index (χ0v) is 18.7. The minimum Gasteiger partial charge on any atom is -0.388 e. The van der Waals surface area contributed by atoms with E-state index in [0.717, 1.165) is 11.1 Å². The normalized spacial score (nSPS) is 15.6. The van der Waals surface area contributed by atoms with E-state index in [9.17, 15) is 19.1 Å². The van der Waals surface area contributed by atoms with Crippen LogP contribution in [0.15, 0.2) is 65.8 Å². The Kier molecular flexibility index (Phi) is 5.49. The molecule has 174 valence electrons. The zero-order chi connectivity index (χ0) is 23.9. The van der Waals surface area contributed by atoms with E-state index >= 15 is 0 Å². The first-order valence-electron chi connectivity index (χ1n) is 11.1. The maximum Gasteiger partial charge on any atom is 0.279 e. The summed E-state index contributed by atoms with van der Waals surface area (Å²) in [7, 11) is 0. The number of nitrogens with zero attached hydrogens (tertiary/aromatic N) is 5. The smallest absolute Gasteiger partial charge is 0.279 e. The number of rotatable bonds is 4. The van der Waals surface area contributed by atoms with Crippen LogP contribution in [0, 0.1) is 12.7 Å². The number of benzene rings is 2. The summed E-state index contributed by atoms with van der Waals surface area (Å²) in [6.45, 7) is 2.74. The Hall–Kier alpha value is -3.85. The summed E-state index contributed by atoms with van der Waals surface area (Å²) in [5.74, 6) is -0.0273. The SMILES string of the molecule is Cc1ccc(-c2ncc3c(=O)n(CC4(O)CCN(C(=O)c5ccc(F)cc5)CC4)cnn23)cc1. The number of hydrogen-bond donors (Lipinski definition) is 1. The van der Waals surface area contributed by atoms with Crippen molar-refractivity contribution in [2.24, 2.45) is 0 Å². The number of aromatic nitrogens is 4. The maximum absolute atomic E-state index is 13.1. The molecule has 1 N–H and O–H groups in total. The lowest BCUT2D eigenvalue weighted by Gasteiger charge is -2.38. The second kappa shape index (κ2) is 8.49. The van der Waals surface area contributed by atoms with Crippen molar-refractivity contribution >= 4 is 11.4 Å². The first-order valence-corrected chi connectivity index (χ1v) is 11.1. The molecule has 3 heterocycles. The first kappa shape index (κ1) is 22.0. The molecular weight excluding hydrogens is 437 g/mol. The molecule has 0 bridgehead atoms. The van der Waals surface area contributed by atoms with E-state index in [1.54, 1.807) is 4.90 Å². The van der Waals surface area contributed by atoms with Gasteiger partial charge in [-0.25, -0.2) is 13.9 Å². The van der Waals surface area contributed by atoms with Crippen LogP contribution in [-0.4, -0.2) is 53.8 Å². The van der Waals surface area contributed by atoms with Crippen LogP contribution >= 0.6 is 0 Å². The van der Waals surface area contributed by atoms with Crippen molar-refractivity contribution in [1.29, 1.82) is 0 Å². The lowest BCUT2D eigenvalue weighted by Crippen LogP contribution is -2.49. The van der Waals surface area contributed by atoms with Gasteiger partial charge in [0.25, 0.3) is 11.5 Å². The van der Waals surface area contributed by atoms with Crippen molar-refractivity contribution in [2.45, 2.75) is 31.9 Å². The third-order valence-corrected chi connectivity index (χ3v) is 6.37. The molecule has 1 aliphatic rings. The molecule has 5 rings (SSSR count). The molecule has 4 aromatic rings. The Bertz CT molecular complexity index is 1400. The van der Waals surface area contributed by atoms with Crippen LogP contribution in [0.3, 0.4) is 0 Å². The Morgan fingerprint density at radius 3 is 2.44 bits per heavy atom. The summed E-state index contributed by atoms with van der Waals surface area (Å²) < 4.78 is 16.0. The van der Waals surface area contributed by atoms with Crippen LogP contribution in [0.5, 0.6) is 0 Å². The number of carbonyl (C=O) groups excluding carboxylic acids is 1. The minimum absolute atomic E-state index is 0.0684. The predicted octanol–water partition coefficient (Wildman–Crippen LogP) is 2.67. The fourth-order valence-corrected chi connectivity index (χ4v) is 4.31. The van der Waals surface area contributed by atoms with Crippen LogP contribution < -0.4 is 5.56 Å². The Morgan fingerprint density at radius 1 is 1.09 bits per heavy atom. The Morgan fingerprint density at radius 2 is 1.76 bits per heavy atom. The number of carbonyl (C=O) groups is 1. The molecule has 0 unspecified atom stereocenters. The summed E-state index contributed by atoms with van der Waals surface area (Å²) in [6.07, 6.45) is 3.54. The van der Waals surface area contributed by atoms with Gasteiger partial charge in [-0.2, -0.15) is 5.10 Å². The van der Waals surface area contributed by atoms with Crippen molar-refractivity contribution < 1.29 is 14.3 Å². The van der Waals surface area contributed by atoms with Crippen molar-refractivity contribution in [2.75, 3.05) is 13.1 Å². The number of aliphatic hydroxyl groups is 1. The average molecular weight is 461 g/mol. The van der Waals surface area contributed by atoms with Crippen molar-refractivity contribution in [3.63, 3.8) is 0 Å². The molecule has 0 spiro atoms. The fourth-order valence-electron chi connectivity index (χ4n) is 4.31. The summed E-state index contributed by atoms with van der Waals surface area (Å²) >= 11 is 0. The standard InChI is InChI=1S/C25H24FN5O3/c1-17-2-4-18(5-3-17)22-27-14-21-24(33)30(16-28-31(21)22)15-25(34)10-12-29(13-11-25)23(32)19-6-8-20(26)9-7-19/h2-9,14,16,34H,10-13,15H2,1H3. The third-order valence-electron chi connectivity index (χ3n) is 6.37. The van der Waals surface area contributed by atoms with Gasteiger partial charge in [0, 0.05) is 24.2 Å². The molecule has 0 radical (unpaired) electrons. The van der Waals surface area contributed by atoms with Gasteiger partial charge in [-0.3, -0.25) is 14.2 Å². The van der Waals surface area contributed by atoms with Crippen LogP contribution in [0.2, 0.25) is 0 Å². The summed E-state index contributed by atoms with van der Waals surface area (Å²) in [5.41, 5.74) is 1.27. The Balaban J connectivity index is 1.32. The van der Waals surface area contributed by atoms with Gasteiger partial charge in [0.05, 0.1) is 18.3 Å². The Labute approximate surface area is 194 Å². The van der Waals surface area contributed by atoms with Gasteiger partial charge < -0.3 is 10.0 Å². The number of imidazole rings is 1. The molecule has 0 saturated carbocycles. The molecule has 8 nitrogen and oxygen atoms in total. The molecule has 34 heavy (non-hydrogen) atoms. The molecule has 2 aromatic heterocycles. The van der Waals surface area contributed by atoms with E-state index < -0.39 is 11.4 Å². The van der Waals surface area contributed by atoms with Gasteiger partial charge in [0.15, 0.2) is 11.3 Å². The number of amides is 1. The number of fused-ring (bicyclic) bond motifs is 1. The maximum atomic E-state index is 13.1. The first-order chi connectivity index (χ1) is 16.3. The predicted molar refractivity (Wildman–Crippen MR) is 124 cm³/mol. The molecule has 0 aliphatic carbocycles. The second-order valence-corrected chi connectivity index (χ2v) is 8.83. The molecule has 9 heteroatoms. The largest absolute Gasteiger partial charge is 0.388 e. The van der Waals surface area contributed by atoms with Crippen LogP contribution in [0.25, 0.3) is 16.9 Å². The van der Waals surface area contributed by atoms with Gasteiger partial charge in [-0.15, -0.1) is 0 Å². The van der Waals surface area contributed by atoms with Crippen LogP contribution in [0.4, 0.5) is 4.39 Å². The number of hydrogen-bond acceptors (Lipinski definition) is 5. The van der Waals surface area contributed by atoms with E-state index in [1.165, 1.54) is 45.9 Å². The van der Waals surface area contributed by atoms with E-state index in [2.05, 4.69) is 10.1 Å². The van der Waals surface area contributed by atoms with E-state index in [0.29, 0.717) is 42.8 Å². The topological polar surface area (TPSA) is 92.7 Å². The number of aryl methyl sites for hydroxylation is 1. The molecule has 1 saturated heterocycles. The lowest BCUT2D eigenvalue weighted by molar-refractivity contribution is -0.0300. The molecule has 0 atom stereocenters. The van der Waals surface area contributed by atoms with E-state index in [4.69, 9.17) is 0 Å².